The van der Waals surface area contributed by atoms with Crippen LogP contribution in [0.2, 0.25) is 0 Å². The lowest BCUT2D eigenvalue weighted by molar-refractivity contribution is -0.135. The number of hydrogen-bond donors (Lipinski definition) is 1. The Hall–Kier alpha value is -1.00. The fourth-order valence-electron chi connectivity index (χ4n) is 2.09. The van der Waals surface area contributed by atoms with Crippen LogP contribution in [0.3, 0.4) is 0 Å². The summed E-state index contributed by atoms with van der Waals surface area (Å²) in [5, 5.41) is 3.26. The van der Waals surface area contributed by atoms with Crippen molar-refractivity contribution in [3.05, 3.63) is 24.2 Å². The van der Waals surface area contributed by atoms with Crippen LogP contribution in [0.15, 0.2) is 22.8 Å². The zero-order valence-electron chi connectivity index (χ0n) is 10.0. The van der Waals surface area contributed by atoms with Gasteiger partial charge in [0.2, 0.25) is 5.91 Å². The molecule has 0 aliphatic carbocycles. The van der Waals surface area contributed by atoms with Crippen molar-refractivity contribution >= 4 is 18.3 Å². The predicted octanol–water partition coefficient (Wildman–Crippen LogP) is 1.66. The van der Waals surface area contributed by atoms with Crippen molar-refractivity contribution in [3.8, 4) is 0 Å². The van der Waals surface area contributed by atoms with Crippen molar-refractivity contribution in [2.45, 2.75) is 19.4 Å². The van der Waals surface area contributed by atoms with E-state index < -0.39 is 0 Å². The van der Waals surface area contributed by atoms with Gasteiger partial charge in [-0.2, -0.15) is 0 Å². The fourth-order valence-corrected chi connectivity index (χ4v) is 2.09. The molecule has 1 aliphatic rings. The Bertz CT molecular complexity index is 334. The highest BCUT2D eigenvalue weighted by Gasteiger charge is 2.24. The zero-order valence-corrected chi connectivity index (χ0v) is 10.8. The summed E-state index contributed by atoms with van der Waals surface area (Å²) >= 11 is 0. The van der Waals surface area contributed by atoms with Gasteiger partial charge in [-0.25, -0.2) is 0 Å². The second-order valence-corrected chi connectivity index (χ2v) is 4.32. The van der Waals surface area contributed by atoms with Crippen molar-refractivity contribution in [3.63, 3.8) is 0 Å². The zero-order chi connectivity index (χ0) is 11.4. The van der Waals surface area contributed by atoms with E-state index >= 15 is 0 Å². The summed E-state index contributed by atoms with van der Waals surface area (Å²) in [7, 11) is 1.83. The minimum absolute atomic E-state index is 0. The predicted molar refractivity (Wildman–Crippen MR) is 68.0 cm³/mol. The molecule has 17 heavy (non-hydrogen) atoms. The molecule has 1 amide bonds. The molecule has 1 aromatic heterocycles. The minimum atomic E-state index is 0. The van der Waals surface area contributed by atoms with Gasteiger partial charge in [-0.1, -0.05) is 0 Å². The smallest absolute Gasteiger partial charge is 0.227 e. The molecule has 0 aromatic carbocycles. The molecule has 1 saturated heterocycles. The van der Waals surface area contributed by atoms with Crippen LogP contribution in [0.25, 0.3) is 0 Å². The number of carbonyl (C=O) groups is 1. The lowest BCUT2D eigenvalue weighted by Gasteiger charge is -2.26. The van der Waals surface area contributed by atoms with Crippen LogP contribution in [0, 0.1) is 5.92 Å². The van der Waals surface area contributed by atoms with Crippen molar-refractivity contribution in [1.82, 2.24) is 10.2 Å². The highest BCUT2D eigenvalue weighted by molar-refractivity contribution is 5.85. The van der Waals surface area contributed by atoms with Gasteiger partial charge < -0.3 is 14.6 Å². The Morgan fingerprint density at radius 2 is 2.47 bits per heavy atom. The second-order valence-electron chi connectivity index (χ2n) is 4.32. The average Bonchev–Trinajstić information content (AvgIpc) is 2.82. The van der Waals surface area contributed by atoms with Crippen LogP contribution in [0.1, 0.15) is 18.6 Å². The van der Waals surface area contributed by atoms with Gasteiger partial charge in [-0.15, -0.1) is 12.4 Å². The van der Waals surface area contributed by atoms with E-state index in [9.17, 15) is 4.79 Å². The third kappa shape index (κ3) is 3.75. The topological polar surface area (TPSA) is 45.5 Å². The molecule has 1 atom stereocenters. The van der Waals surface area contributed by atoms with Crippen LogP contribution < -0.4 is 5.32 Å². The number of rotatable bonds is 3. The summed E-state index contributed by atoms with van der Waals surface area (Å²) in [5.74, 6) is 1.18. The lowest BCUT2D eigenvalue weighted by Crippen LogP contribution is -2.41. The average molecular weight is 259 g/mol. The van der Waals surface area contributed by atoms with E-state index in [0.29, 0.717) is 6.54 Å². The van der Waals surface area contributed by atoms with Gasteiger partial charge in [-0.05, 0) is 31.5 Å². The van der Waals surface area contributed by atoms with E-state index in [1.807, 2.05) is 19.2 Å². The highest BCUT2D eigenvalue weighted by Crippen LogP contribution is 2.14. The monoisotopic (exact) mass is 258 g/mol. The number of halogens is 1. The molecule has 0 unspecified atom stereocenters. The first-order chi connectivity index (χ1) is 7.77. The summed E-state index contributed by atoms with van der Waals surface area (Å²) in [6, 6.07) is 3.73. The largest absolute Gasteiger partial charge is 0.467 e. The first kappa shape index (κ1) is 14.1. The van der Waals surface area contributed by atoms with Crippen LogP contribution in [-0.4, -0.2) is 30.9 Å². The Kier molecular flexibility index (Phi) is 5.51. The van der Waals surface area contributed by atoms with Crippen molar-refractivity contribution in [2.24, 2.45) is 5.92 Å². The van der Waals surface area contributed by atoms with Crippen LogP contribution in [-0.2, 0) is 11.3 Å². The maximum absolute atomic E-state index is 12.1. The van der Waals surface area contributed by atoms with Gasteiger partial charge >= 0.3 is 0 Å². The highest BCUT2D eigenvalue weighted by atomic mass is 35.5. The first-order valence-electron chi connectivity index (χ1n) is 5.75. The molecule has 5 heteroatoms. The number of amides is 1. The summed E-state index contributed by atoms with van der Waals surface area (Å²) in [6.45, 7) is 2.40. The van der Waals surface area contributed by atoms with E-state index in [1.165, 1.54) is 0 Å². The summed E-state index contributed by atoms with van der Waals surface area (Å²) in [4.78, 5) is 13.8. The van der Waals surface area contributed by atoms with Crippen LogP contribution in [0.4, 0.5) is 0 Å². The molecule has 1 fully saturated rings. The Balaban J connectivity index is 0.00000144. The molecule has 0 spiro atoms. The van der Waals surface area contributed by atoms with E-state index in [0.717, 1.165) is 31.7 Å². The van der Waals surface area contributed by atoms with Crippen LogP contribution in [0.5, 0.6) is 0 Å². The molecular weight excluding hydrogens is 240 g/mol. The Labute approximate surface area is 108 Å². The molecule has 0 bridgehead atoms. The third-order valence-electron chi connectivity index (χ3n) is 3.00. The van der Waals surface area contributed by atoms with Gasteiger partial charge in [0.15, 0.2) is 0 Å². The molecule has 1 aliphatic heterocycles. The molecule has 96 valence electrons. The fraction of sp³-hybridized carbons (Fsp3) is 0.583. The van der Waals surface area contributed by atoms with Crippen molar-refractivity contribution < 1.29 is 9.21 Å². The molecule has 2 heterocycles. The number of nitrogens with one attached hydrogen (secondary N) is 1. The number of carbonyl (C=O) groups excluding carboxylic acids is 1. The van der Waals surface area contributed by atoms with Crippen molar-refractivity contribution in [2.75, 3.05) is 20.1 Å². The summed E-state index contributed by atoms with van der Waals surface area (Å²) in [5.41, 5.74) is 0. The quantitative estimate of drug-likeness (QED) is 0.897. The number of furan rings is 1. The molecule has 0 saturated carbocycles. The van der Waals surface area contributed by atoms with E-state index in [-0.39, 0.29) is 24.2 Å². The second kappa shape index (κ2) is 6.67. The molecule has 4 nitrogen and oxygen atoms in total. The normalized spacial score (nSPS) is 19.5. The first-order valence-corrected chi connectivity index (χ1v) is 5.75. The van der Waals surface area contributed by atoms with E-state index in [2.05, 4.69) is 5.32 Å². The summed E-state index contributed by atoms with van der Waals surface area (Å²) in [6.07, 6.45) is 3.72. The maximum atomic E-state index is 12.1. The molecule has 1 aromatic rings. The lowest BCUT2D eigenvalue weighted by atomic mass is 9.98. The van der Waals surface area contributed by atoms with E-state index in [1.54, 1.807) is 11.2 Å². The SMILES string of the molecule is CN(Cc1ccco1)C(=O)[C@@H]1CCCNC1.Cl. The van der Waals surface area contributed by atoms with Crippen molar-refractivity contribution in [1.29, 1.82) is 0 Å². The van der Waals surface area contributed by atoms with E-state index in [4.69, 9.17) is 4.42 Å². The molecule has 0 radical (unpaired) electrons. The Morgan fingerprint density at radius 1 is 1.65 bits per heavy atom. The van der Waals surface area contributed by atoms with Gasteiger partial charge in [0.25, 0.3) is 0 Å². The number of piperidine rings is 1. The van der Waals surface area contributed by atoms with Crippen LogP contribution >= 0.6 is 12.4 Å². The van der Waals surface area contributed by atoms with Gasteiger partial charge in [0.05, 0.1) is 18.7 Å². The maximum Gasteiger partial charge on any atom is 0.227 e. The van der Waals surface area contributed by atoms with Gasteiger partial charge in [-0.3, -0.25) is 4.79 Å². The minimum Gasteiger partial charge on any atom is -0.467 e. The molecule has 1 N–H and O–H groups in total. The number of hydrogen-bond acceptors (Lipinski definition) is 3. The summed E-state index contributed by atoms with van der Waals surface area (Å²) < 4.78 is 5.23. The number of nitrogens with zero attached hydrogens (tertiary/aromatic N) is 1. The molecule has 2 rings (SSSR count). The molecular formula is C12H19ClN2O2. The van der Waals surface area contributed by atoms with Gasteiger partial charge in [0.1, 0.15) is 5.76 Å². The Morgan fingerprint density at radius 3 is 3.06 bits per heavy atom. The van der Waals surface area contributed by atoms with Gasteiger partial charge in [0, 0.05) is 13.6 Å². The standard InChI is InChI=1S/C12H18N2O2.ClH/c1-14(9-11-5-3-7-16-11)12(15)10-4-2-6-13-8-10;/h3,5,7,10,13H,2,4,6,8-9H2,1H3;1H/t10-;/m1./s1. The third-order valence-corrected chi connectivity index (χ3v) is 3.00.